The maximum absolute atomic E-state index is 5.73. The van der Waals surface area contributed by atoms with Crippen molar-refractivity contribution in [3.63, 3.8) is 0 Å². The van der Waals surface area contributed by atoms with Gasteiger partial charge in [-0.1, -0.05) is 19.0 Å². The molecule has 0 aliphatic carbocycles. The number of rotatable bonds is 4. The van der Waals surface area contributed by atoms with E-state index in [4.69, 9.17) is 10.3 Å². The monoisotopic (exact) mass is 260 g/mol. The summed E-state index contributed by atoms with van der Waals surface area (Å²) in [6, 6.07) is 0.487. The van der Waals surface area contributed by atoms with Crippen molar-refractivity contribution in [3.8, 4) is 0 Å². The molecule has 1 aliphatic rings. The maximum Gasteiger partial charge on any atom is 0.229 e. The zero-order valence-corrected chi connectivity index (χ0v) is 11.2. The fourth-order valence-corrected chi connectivity index (χ4v) is 2.12. The Morgan fingerprint density at radius 1 is 1.53 bits per heavy atom. The molecule has 0 radical (unpaired) electrons. The van der Waals surface area contributed by atoms with Crippen molar-refractivity contribution in [2.75, 3.05) is 13.1 Å². The summed E-state index contributed by atoms with van der Waals surface area (Å²) in [7, 11) is 0. The van der Waals surface area contributed by atoms with Crippen LogP contribution in [0.25, 0.3) is 0 Å². The minimum Gasteiger partial charge on any atom is -0.339 e. The minimum atomic E-state index is 0. The molecule has 0 spiro atoms. The lowest BCUT2D eigenvalue weighted by molar-refractivity contribution is 0.239. The van der Waals surface area contributed by atoms with Crippen molar-refractivity contribution in [3.05, 3.63) is 11.7 Å². The summed E-state index contributed by atoms with van der Waals surface area (Å²) in [5.74, 6) is 1.80. The van der Waals surface area contributed by atoms with Gasteiger partial charge in [0.15, 0.2) is 5.82 Å². The smallest absolute Gasteiger partial charge is 0.229 e. The maximum atomic E-state index is 5.73. The predicted octanol–water partition coefficient (Wildman–Crippen LogP) is 1.54. The largest absolute Gasteiger partial charge is 0.339 e. The van der Waals surface area contributed by atoms with Crippen molar-refractivity contribution in [1.82, 2.24) is 15.0 Å². The second kappa shape index (κ2) is 6.33. The summed E-state index contributed by atoms with van der Waals surface area (Å²) < 4.78 is 5.19. The molecule has 1 fully saturated rings. The molecule has 1 aromatic heterocycles. The van der Waals surface area contributed by atoms with Crippen molar-refractivity contribution in [2.24, 2.45) is 5.73 Å². The lowest BCUT2D eigenvalue weighted by atomic mass is 10.2. The van der Waals surface area contributed by atoms with E-state index in [2.05, 4.69) is 28.9 Å². The number of aromatic nitrogens is 2. The van der Waals surface area contributed by atoms with Crippen LogP contribution in [0.1, 0.15) is 44.3 Å². The Kier molecular flexibility index (Phi) is 5.36. The molecule has 6 heteroatoms. The van der Waals surface area contributed by atoms with E-state index in [0.717, 1.165) is 31.3 Å². The molecular weight excluding hydrogens is 240 g/mol. The summed E-state index contributed by atoms with van der Waals surface area (Å²) in [4.78, 5) is 6.72. The second-order valence-electron chi connectivity index (χ2n) is 4.71. The zero-order valence-electron chi connectivity index (χ0n) is 10.4. The highest BCUT2D eigenvalue weighted by Gasteiger charge is 2.24. The minimum absolute atomic E-state index is 0. The number of halogens is 1. The highest BCUT2D eigenvalue weighted by Crippen LogP contribution is 2.19. The van der Waals surface area contributed by atoms with E-state index in [1.54, 1.807) is 0 Å². The third-order valence-corrected chi connectivity index (χ3v) is 3.09. The van der Waals surface area contributed by atoms with Gasteiger partial charge in [-0.3, -0.25) is 4.90 Å². The van der Waals surface area contributed by atoms with Crippen LogP contribution in [0.4, 0.5) is 0 Å². The Morgan fingerprint density at radius 2 is 2.29 bits per heavy atom. The topological polar surface area (TPSA) is 68.2 Å². The number of nitrogens with two attached hydrogens (primary N) is 1. The molecule has 0 bridgehead atoms. The summed E-state index contributed by atoms with van der Waals surface area (Å²) >= 11 is 0. The molecule has 0 saturated carbocycles. The van der Waals surface area contributed by atoms with E-state index < -0.39 is 0 Å². The van der Waals surface area contributed by atoms with Crippen molar-refractivity contribution < 1.29 is 4.52 Å². The van der Waals surface area contributed by atoms with Gasteiger partial charge in [-0.25, -0.2) is 0 Å². The Labute approximate surface area is 108 Å². The van der Waals surface area contributed by atoms with Gasteiger partial charge in [-0.05, 0) is 19.4 Å². The average molecular weight is 261 g/mol. The van der Waals surface area contributed by atoms with Crippen molar-refractivity contribution in [2.45, 2.75) is 45.2 Å². The van der Waals surface area contributed by atoms with Gasteiger partial charge >= 0.3 is 0 Å². The standard InChI is InChI=1S/C11H20N4O.ClH/c1-8(2)11-13-10(14-16-11)7-15-5-3-4-9(15)6-12;/h8-9H,3-7,12H2,1-2H3;1H. The van der Waals surface area contributed by atoms with Crippen LogP contribution in [0.2, 0.25) is 0 Å². The molecular formula is C11H21ClN4O. The van der Waals surface area contributed by atoms with Gasteiger partial charge in [-0.15, -0.1) is 12.4 Å². The van der Waals surface area contributed by atoms with Gasteiger partial charge < -0.3 is 10.3 Å². The van der Waals surface area contributed by atoms with Gasteiger partial charge in [0.1, 0.15) is 0 Å². The first kappa shape index (κ1) is 14.4. The van der Waals surface area contributed by atoms with Crippen molar-refractivity contribution >= 4 is 12.4 Å². The number of nitrogens with zero attached hydrogens (tertiary/aromatic N) is 3. The fourth-order valence-electron chi connectivity index (χ4n) is 2.12. The molecule has 1 atom stereocenters. The molecule has 1 saturated heterocycles. The molecule has 1 aliphatic heterocycles. The molecule has 1 aromatic rings. The normalized spacial score (nSPS) is 20.8. The van der Waals surface area contributed by atoms with Crippen LogP contribution in [0, 0.1) is 0 Å². The fraction of sp³-hybridized carbons (Fsp3) is 0.818. The Balaban J connectivity index is 0.00000144. The van der Waals surface area contributed by atoms with E-state index in [1.807, 2.05) is 0 Å². The van der Waals surface area contributed by atoms with Crippen LogP contribution in [-0.2, 0) is 6.54 Å². The lowest BCUT2D eigenvalue weighted by Gasteiger charge is -2.20. The molecule has 17 heavy (non-hydrogen) atoms. The lowest BCUT2D eigenvalue weighted by Crippen LogP contribution is -2.35. The summed E-state index contributed by atoms with van der Waals surface area (Å²) in [6.45, 7) is 6.67. The van der Waals surface area contributed by atoms with Crippen LogP contribution in [0.3, 0.4) is 0 Å². The zero-order chi connectivity index (χ0) is 11.5. The Morgan fingerprint density at radius 3 is 2.88 bits per heavy atom. The van der Waals surface area contributed by atoms with Gasteiger partial charge in [0.05, 0.1) is 6.54 Å². The SMILES string of the molecule is CC(C)c1nc(CN2CCCC2CN)no1.Cl. The Bertz CT molecular complexity index is 342. The molecule has 1 unspecified atom stereocenters. The van der Waals surface area contributed by atoms with E-state index >= 15 is 0 Å². The predicted molar refractivity (Wildman–Crippen MR) is 68.1 cm³/mol. The van der Waals surface area contributed by atoms with E-state index in [0.29, 0.717) is 12.0 Å². The van der Waals surface area contributed by atoms with Crippen LogP contribution in [0.15, 0.2) is 4.52 Å². The molecule has 98 valence electrons. The Hall–Kier alpha value is -0.650. The van der Waals surface area contributed by atoms with E-state index in [-0.39, 0.29) is 12.4 Å². The third kappa shape index (κ3) is 3.40. The highest BCUT2D eigenvalue weighted by molar-refractivity contribution is 5.85. The second-order valence-corrected chi connectivity index (χ2v) is 4.71. The van der Waals surface area contributed by atoms with Gasteiger partial charge in [0.2, 0.25) is 5.89 Å². The van der Waals surface area contributed by atoms with Gasteiger partial charge in [0, 0.05) is 18.5 Å². The van der Waals surface area contributed by atoms with Crippen LogP contribution >= 0.6 is 12.4 Å². The molecule has 2 rings (SSSR count). The molecule has 0 amide bonds. The van der Waals surface area contributed by atoms with Crippen LogP contribution in [0.5, 0.6) is 0 Å². The summed E-state index contributed by atoms with van der Waals surface area (Å²) in [5.41, 5.74) is 5.73. The third-order valence-electron chi connectivity index (χ3n) is 3.09. The first-order valence-corrected chi connectivity index (χ1v) is 5.97. The quantitative estimate of drug-likeness (QED) is 0.889. The van der Waals surface area contributed by atoms with Crippen LogP contribution < -0.4 is 5.73 Å². The van der Waals surface area contributed by atoms with Crippen LogP contribution in [-0.4, -0.2) is 34.2 Å². The van der Waals surface area contributed by atoms with Gasteiger partial charge in [-0.2, -0.15) is 4.98 Å². The molecule has 2 N–H and O–H groups in total. The average Bonchev–Trinajstić information content (AvgIpc) is 2.87. The molecule has 2 heterocycles. The first-order valence-electron chi connectivity index (χ1n) is 5.97. The summed E-state index contributed by atoms with van der Waals surface area (Å²) in [5, 5.41) is 4.00. The number of hydrogen-bond donors (Lipinski definition) is 1. The van der Waals surface area contributed by atoms with Crippen molar-refractivity contribution in [1.29, 1.82) is 0 Å². The van der Waals surface area contributed by atoms with E-state index in [1.165, 1.54) is 12.8 Å². The van der Waals surface area contributed by atoms with Gasteiger partial charge in [0.25, 0.3) is 0 Å². The first-order chi connectivity index (χ1) is 7.70. The molecule has 5 nitrogen and oxygen atoms in total. The summed E-state index contributed by atoms with van der Waals surface area (Å²) in [6.07, 6.45) is 2.40. The highest BCUT2D eigenvalue weighted by atomic mass is 35.5. The number of likely N-dealkylation sites (tertiary alicyclic amines) is 1. The van der Waals surface area contributed by atoms with E-state index in [9.17, 15) is 0 Å². The molecule has 0 aromatic carbocycles. The number of hydrogen-bond acceptors (Lipinski definition) is 5.